The number of likely N-dealkylation sites (tertiary alicyclic amines) is 1. The van der Waals surface area contributed by atoms with Crippen LogP contribution in [0.5, 0.6) is 0 Å². The molecule has 0 saturated carbocycles. The lowest BCUT2D eigenvalue weighted by atomic mass is 9.93. The molecule has 0 aliphatic carbocycles. The van der Waals surface area contributed by atoms with Gasteiger partial charge in [0.2, 0.25) is 0 Å². The van der Waals surface area contributed by atoms with Gasteiger partial charge in [-0.25, -0.2) is 4.39 Å². The van der Waals surface area contributed by atoms with Crippen LogP contribution >= 0.6 is 0 Å². The molecule has 3 heterocycles. The Kier molecular flexibility index (Phi) is 5.02. The molecule has 132 valence electrons. The molecule has 4 rings (SSSR count). The number of halogens is 1. The number of hydrogen-bond acceptors (Lipinski definition) is 3. The van der Waals surface area contributed by atoms with Gasteiger partial charge in [-0.05, 0) is 67.4 Å². The van der Waals surface area contributed by atoms with Gasteiger partial charge in [0, 0.05) is 42.7 Å². The topological polar surface area (TPSA) is 29.0 Å². The predicted molar refractivity (Wildman–Crippen MR) is 101 cm³/mol. The Balaban J connectivity index is 1.50. The van der Waals surface area contributed by atoms with E-state index in [0.29, 0.717) is 5.92 Å². The van der Waals surface area contributed by atoms with Crippen molar-refractivity contribution in [3.05, 3.63) is 84.1 Å². The van der Waals surface area contributed by atoms with Gasteiger partial charge in [0.15, 0.2) is 0 Å². The maximum atomic E-state index is 13.2. The van der Waals surface area contributed by atoms with E-state index in [1.165, 1.54) is 24.1 Å². The van der Waals surface area contributed by atoms with E-state index in [2.05, 4.69) is 28.1 Å². The van der Waals surface area contributed by atoms with Gasteiger partial charge in [-0.3, -0.25) is 14.9 Å². The number of nitrogens with zero attached hydrogens (tertiary/aromatic N) is 3. The first kappa shape index (κ1) is 16.9. The monoisotopic (exact) mass is 347 g/mol. The average molecular weight is 347 g/mol. The summed E-state index contributed by atoms with van der Waals surface area (Å²) in [5.74, 6) is 0.212. The third-order valence-corrected chi connectivity index (χ3v) is 4.96. The van der Waals surface area contributed by atoms with E-state index in [-0.39, 0.29) is 5.82 Å². The summed E-state index contributed by atoms with van der Waals surface area (Å²) in [5.41, 5.74) is 4.24. The van der Waals surface area contributed by atoms with Crippen molar-refractivity contribution in [1.29, 1.82) is 0 Å². The van der Waals surface area contributed by atoms with E-state index in [0.717, 1.165) is 43.0 Å². The Hall–Kier alpha value is -2.59. The summed E-state index contributed by atoms with van der Waals surface area (Å²) in [6.45, 7) is 3.06. The van der Waals surface area contributed by atoms with Crippen LogP contribution < -0.4 is 0 Å². The van der Waals surface area contributed by atoms with Crippen LogP contribution in [-0.2, 0) is 6.54 Å². The van der Waals surface area contributed by atoms with E-state index in [1.54, 1.807) is 12.1 Å². The highest BCUT2D eigenvalue weighted by molar-refractivity contribution is 5.59. The van der Waals surface area contributed by atoms with Crippen molar-refractivity contribution in [2.45, 2.75) is 25.3 Å². The van der Waals surface area contributed by atoms with Crippen LogP contribution in [0.1, 0.15) is 30.0 Å². The summed E-state index contributed by atoms with van der Waals surface area (Å²) >= 11 is 0. The molecule has 1 aliphatic rings. The van der Waals surface area contributed by atoms with Crippen LogP contribution in [0.15, 0.2) is 67.0 Å². The van der Waals surface area contributed by atoms with Crippen LogP contribution in [-0.4, -0.2) is 28.0 Å². The van der Waals surface area contributed by atoms with E-state index in [9.17, 15) is 4.39 Å². The lowest BCUT2D eigenvalue weighted by molar-refractivity contribution is 0.198. The fourth-order valence-corrected chi connectivity index (χ4v) is 3.65. The fraction of sp³-hybridized carbons (Fsp3) is 0.273. The molecule has 2 aromatic heterocycles. The Morgan fingerprint density at radius 2 is 1.92 bits per heavy atom. The zero-order valence-electron chi connectivity index (χ0n) is 14.7. The second kappa shape index (κ2) is 7.75. The molecule has 26 heavy (non-hydrogen) atoms. The lowest BCUT2D eigenvalue weighted by Crippen LogP contribution is -2.34. The molecule has 0 N–H and O–H groups in total. The number of aromatic nitrogens is 2. The largest absolute Gasteiger partial charge is 0.298 e. The summed E-state index contributed by atoms with van der Waals surface area (Å²) in [6, 6.07) is 16.8. The van der Waals surface area contributed by atoms with E-state index < -0.39 is 0 Å². The van der Waals surface area contributed by atoms with Gasteiger partial charge in [-0.15, -0.1) is 0 Å². The van der Waals surface area contributed by atoms with Crippen molar-refractivity contribution in [1.82, 2.24) is 14.9 Å². The molecule has 0 bridgehead atoms. The maximum absolute atomic E-state index is 13.2. The third-order valence-electron chi connectivity index (χ3n) is 4.96. The predicted octanol–water partition coefficient (Wildman–Crippen LogP) is 4.66. The average Bonchev–Trinajstić information content (AvgIpc) is 2.70. The first-order chi connectivity index (χ1) is 12.8. The van der Waals surface area contributed by atoms with Gasteiger partial charge in [0.1, 0.15) is 5.82 Å². The Morgan fingerprint density at radius 3 is 2.73 bits per heavy atom. The molecule has 3 nitrogen and oxygen atoms in total. The standard InChI is InChI=1S/C22H22FN3/c23-20-10-8-18(9-11-20)21-6-1-7-22(25-21)19-5-3-13-26(16-19)15-17-4-2-12-24-14-17/h1-2,4,6-12,14,19H,3,5,13,15-16H2. The molecule has 1 unspecified atom stereocenters. The molecular weight excluding hydrogens is 325 g/mol. The quantitative estimate of drug-likeness (QED) is 0.687. The number of hydrogen-bond donors (Lipinski definition) is 0. The first-order valence-corrected chi connectivity index (χ1v) is 9.12. The molecule has 1 fully saturated rings. The SMILES string of the molecule is Fc1ccc(-c2cccc(C3CCCN(Cc4cccnc4)C3)n2)cc1. The number of benzene rings is 1. The molecule has 1 aliphatic heterocycles. The minimum Gasteiger partial charge on any atom is -0.298 e. The highest BCUT2D eigenvalue weighted by atomic mass is 19.1. The van der Waals surface area contributed by atoms with Crippen molar-refractivity contribution in [2.75, 3.05) is 13.1 Å². The number of piperidine rings is 1. The molecule has 1 atom stereocenters. The van der Waals surface area contributed by atoms with Crippen molar-refractivity contribution < 1.29 is 4.39 Å². The lowest BCUT2D eigenvalue weighted by Gasteiger charge is -2.32. The van der Waals surface area contributed by atoms with Gasteiger partial charge in [-0.1, -0.05) is 12.1 Å². The Bertz CT molecular complexity index is 849. The molecule has 1 aromatic carbocycles. The third kappa shape index (κ3) is 3.97. The number of pyridine rings is 2. The van der Waals surface area contributed by atoms with E-state index in [4.69, 9.17) is 4.98 Å². The second-order valence-electron chi connectivity index (χ2n) is 6.89. The summed E-state index contributed by atoms with van der Waals surface area (Å²) < 4.78 is 13.2. The normalized spacial score (nSPS) is 18.0. The Labute approximate surface area is 153 Å². The fourth-order valence-electron chi connectivity index (χ4n) is 3.65. The van der Waals surface area contributed by atoms with Crippen molar-refractivity contribution in [3.63, 3.8) is 0 Å². The van der Waals surface area contributed by atoms with Crippen molar-refractivity contribution >= 4 is 0 Å². The van der Waals surface area contributed by atoms with Crippen LogP contribution in [0.3, 0.4) is 0 Å². The van der Waals surface area contributed by atoms with Gasteiger partial charge >= 0.3 is 0 Å². The molecule has 0 amide bonds. The van der Waals surface area contributed by atoms with E-state index in [1.807, 2.05) is 24.5 Å². The Morgan fingerprint density at radius 1 is 1.04 bits per heavy atom. The highest BCUT2D eigenvalue weighted by Gasteiger charge is 2.22. The summed E-state index contributed by atoms with van der Waals surface area (Å²) in [5, 5.41) is 0. The van der Waals surface area contributed by atoms with Crippen LogP contribution in [0.4, 0.5) is 4.39 Å². The molecule has 0 spiro atoms. The van der Waals surface area contributed by atoms with Crippen LogP contribution in [0.2, 0.25) is 0 Å². The van der Waals surface area contributed by atoms with Gasteiger partial charge in [0.05, 0.1) is 5.69 Å². The maximum Gasteiger partial charge on any atom is 0.123 e. The smallest absolute Gasteiger partial charge is 0.123 e. The summed E-state index contributed by atoms with van der Waals surface area (Å²) in [6.07, 6.45) is 6.08. The second-order valence-corrected chi connectivity index (χ2v) is 6.89. The minimum absolute atomic E-state index is 0.219. The van der Waals surface area contributed by atoms with E-state index >= 15 is 0 Å². The molecule has 4 heteroatoms. The highest BCUT2D eigenvalue weighted by Crippen LogP contribution is 2.28. The first-order valence-electron chi connectivity index (χ1n) is 9.12. The zero-order valence-corrected chi connectivity index (χ0v) is 14.7. The molecular formula is C22H22FN3. The van der Waals surface area contributed by atoms with Crippen molar-refractivity contribution in [3.8, 4) is 11.3 Å². The molecule has 1 saturated heterocycles. The van der Waals surface area contributed by atoms with Gasteiger partial charge in [0.25, 0.3) is 0 Å². The van der Waals surface area contributed by atoms with Gasteiger partial charge in [-0.2, -0.15) is 0 Å². The summed E-state index contributed by atoms with van der Waals surface area (Å²) in [7, 11) is 0. The number of rotatable bonds is 4. The minimum atomic E-state index is -0.219. The zero-order chi connectivity index (χ0) is 17.8. The van der Waals surface area contributed by atoms with Gasteiger partial charge < -0.3 is 0 Å². The molecule has 0 radical (unpaired) electrons. The van der Waals surface area contributed by atoms with Crippen molar-refractivity contribution in [2.24, 2.45) is 0 Å². The van der Waals surface area contributed by atoms with Crippen LogP contribution in [0.25, 0.3) is 11.3 Å². The molecule has 3 aromatic rings. The van der Waals surface area contributed by atoms with Crippen LogP contribution in [0, 0.1) is 5.82 Å². The summed E-state index contributed by atoms with van der Waals surface area (Å²) in [4.78, 5) is 11.6.